The van der Waals surface area contributed by atoms with Gasteiger partial charge in [-0.25, -0.2) is 4.98 Å². The molecule has 0 unspecified atom stereocenters. The Balaban J connectivity index is 1.32. The minimum absolute atomic E-state index is 0.0387. The van der Waals surface area contributed by atoms with Crippen LogP contribution >= 0.6 is 0 Å². The Morgan fingerprint density at radius 1 is 0.971 bits per heavy atom. The lowest BCUT2D eigenvalue weighted by Crippen LogP contribution is -2.07. The lowest BCUT2D eigenvalue weighted by molar-refractivity contribution is -0.384. The lowest BCUT2D eigenvalue weighted by Gasteiger charge is -2.05. The zero-order valence-electron chi connectivity index (χ0n) is 18.0. The van der Waals surface area contributed by atoms with Crippen LogP contribution in [-0.4, -0.2) is 20.9 Å². The number of rotatable bonds is 6. The highest BCUT2D eigenvalue weighted by atomic mass is 16.6. The summed E-state index contributed by atoms with van der Waals surface area (Å²) in [6.45, 7) is 0. The average Bonchev–Trinajstić information content (AvgIpc) is 3.51. The maximum atomic E-state index is 12.4. The van der Waals surface area contributed by atoms with Crippen molar-refractivity contribution < 1.29 is 23.7 Å². The fourth-order valence-electron chi connectivity index (χ4n) is 3.54. The summed E-state index contributed by atoms with van der Waals surface area (Å²) in [5.41, 5.74) is 2.27. The van der Waals surface area contributed by atoms with Crippen LogP contribution in [0.1, 0.15) is 5.76 Å². The van der Waals surface area contributed by atoms with Crippen molar-refractivity contribution in [2.24, 2.45) is 0 Å². The number of benzene rings is 3. The first-order chi connectivity index (χ1) is 17.0. The number of aromatic hydroxyl groups is 1. The number of nitro groups is 1. The van der Waals surface area contributed by atoms with Crippen LogP contribution in [0.25, 0.3) is 40.0 Å². The normalized spacial score (nSPS) is 11.2. The SMILES string of the molecule is O=C(C=Cc1ccc(-c2ccccc2[N+](=O)[O-])o1)Nc1ccc(O)c(-c2nc3ccccc3o2)c1. The molecule has 5 aromatic rings. The minimum atomic E-state index is -0.479. The van der Waals surface area contributed by atoms with Gasteiger partial charge in [-0.15, -0.1) is 0 Å². The monoisotopic (exact) mass is 467 g/mol. The third-order valence-electron chi connectivity index (χ3n) is 5.18. The van der Waals surface area contributed by atoms with Gasteiger partial charge in [0.1, 0.15) is 22.8 Å². The molecule has 0 spiro atoms. The van der Waals surface area contributed by atoms with Crippen molar-refractivity contribution in [1.29, 1.82) is 0 Å². The van der Waals surface area contributed by atoms with Crippen molar-refractivity contribution in [2.75, 3.05) is 5.32 Å². The first-order valence-electron chi connectivity index (χ1n) is 10.5. The molecule has 0 saturated carbocycles. The third-order valence-corrected chi connectivity index (χ3v) is 5.18. The molecular weight excluding hydrogens is 450 g/mol. The molecule has 2 aromatic heterocycles. The van der Waals surface area contributed by atoms with E-state index in [0.717, 1.165) is 0 Å². The van der Waals surface area contributed by atoms with Gasteiger partial charge in [-0.05, 0) is 54.6 Å². The van der Waals surface area contributed by atoms with Crippen LogP contribution < -0.4 is 5.32 Å². The van der Waals surface area contributed by atoms with E-state index in [2.05, 4.69) is 10.3 Å². The topological polar surface area (TPSA) is 132 Å². The van der Waals surface area contributed by atoms with Gasteiger partial charge in [-0.1, -0.05) is 24.3 Å². The van der Waals surface area contributed by atoms with E-state index in [1.54, 1.807) is 54.6 Å². The molecule has 9 nitrogen and oxygen atoms in total. The molecule has 2 N–H and O–H groups in total. The van der Waals surface area contributed by atoms with Gasteiger partial charge in [0.05, 0.1) is 16.1 Å². The van der Waals surface area contributed by atoms with Crippen LogP contribution in [0.4, 0.5) is 11.4 Å². The number of fused-ring (bicyclic) bond motifs is 1. The van der Waals surface area contributed by atoms with Crippen LogP contribution in [0.3, 0.4) is 0 Å². The summed E-state index contributed by atoms with van der Waals surface area (Å²) in [6, 6.07) is 21.2. The fraction of sp³-hybridized carbons (Fsp3) is 0. The molecule has 0 fully saturated rings. The number of aromatic nitrogens is 1. The number of nitro benzene ring substituents is 1. The molecule has 172 valence electrons. The first kappa shape index (κ1) is 21.7. The highest BCUT2D eigenvalue weighted by molar-refractivity contribution is 6.02. The van der Waals surface area contributed by atoms with Crippen molar-refractivity contribution in [3.63, 3.8) is 0 Å². The van der Waals surface area contributed by atoms with Gasteiger partial charge in [-0.2, -0.15) is 0 Å². The van der Waals surface area contributed by atoms with Gasteiger partial charge in [-0.3, -0.25) is 14.9 Å². The predicted molar refractivity (Wildman–Crippen MR) is 130 cm³/mol. The number of nitrogens with zero attached hydrogens (tertiary/aromatic N) is 2. The van der Waals surface area contributed by atoms with Crippen molar-refractivity contribution in [1.82, 2.24) is 4.98 Å². The second-order valence-corrected chi connectivity index (χ2v) is 7.52. The van der Waals surface area contributed by atoms with Crippen LogP contribution in [0.2, 0.25) is 0 Å². The minimum Gasteiger partial charge on any atom is -0.507 e. The van der Waals surface area contributed by atoms with E-state index in [-0.39, 0.29) is 17.3 Å². The third kappa shape index (κ3) is 4.51. The van der Waals surface area contributed by atoms with Crippen molar-refractivity contribution >= 4 is 34.5 Å². The second-order valence-electron chi connectivity index (χ2n) is 7.52. The molecule has 0 aliphatic carbocycles. The van der Waals surface area contributed by atoms with Crippen LogP contribution in [0, 0.1) is 10.1 Å². The number of para-hydroxylation sites is 3. The summed E-state index contributed by atoms with van der Waals surface area (Å²) >= 11 is 0. The van der Waals surface area contributed by atoms with E-state index in [1.165, 1.54) is 24.3 Å². The number of carbonyl (C=O) groups excluding carboxylic acids is 1. The Morgan fingerprint density at radius 3 is 2.60 bits per heavy atom. The number of furan rings is 1. The summed E-state index contributed by atoms with van der Waals surface area (Å²) in [6.07, 6.45) is 2.73. The summed E-state index contributed by atoms with van der Waals surface area (Å²) in [7, 11) is 0. The van der Waals surface area contributed by atoms with E-state index in [4.69, 9.17) is 8.83 Å². The van der Waals surface area contributed by atoms with Crippen molar-refractivity contribution in [2.45, 2.75) is 0 Å². The molecule has 0 saturated heterocycles. The number of hydrogen-bond donors (Lipinski definition) is 2. The number of amides is 1. The maximum absolute atomic E-state index is 12.4. The van der Waals surface area contributed by atoms with E-state index >= 15 is 0 Å². The molecular formula is C26H17N3O6. The maximum Gasteiger partial charge on any atom is 0.280 e. The molecule has 9 heteroatoms. The fourth-order valence-corrected chi connectivity index (χ4v) is 3.54. The Kier molecular flexibility index (Phi) is 5.56. The number of anilines is 1. The number of hydrogen-bond acceptors (Lipinski definition) is 7. The van der Waals surface area contributed by atoms with Crippen LogP contribution in [-0.2, 0) is 4.79 Å². The molecule has 0 aliphatic heterocycles. The van der Waals surface area contributed by atoms with Crippen molar-refractivity contribution in [3.8, 4) is 28.5 Å². The van der Waals surface area contributed by atoms with Gasteiger partial charge in [0.2, 0.25) is 11.8 Å². The second kappa shape index (κ2) is 8.99. The summed E-state index contributed by atoms with van der Waals surface area (Å²) in [5.74, 6) is 0.421. The molecule has 0 bridgehead atoms. The van der Waals surface area contributed by atoms with Gasteiger partial charge in [0.25, 0.3) is 5.69 Å². The molecule has 0 radical (unpaired) electrons. The molecule has 0 aliphatic rings. The van der Waals surface area contributed by atoms with E-state index in [9.17, 15) is 20.0 Å². The zero-order chi connectivity index (χ0) is 24.4. The van der Waals surface area contributed by atoms with Crippen LogP contribution in [0.15, 0.2) is 93.8 Å². The van der Waals surface area contributed by atoms with Gasteiger partial charge >= 0.3 is 0 Å². The highest BCUT2D eigenvalue weighted by Crippen LogP contribution is 2.33. The highest BCUT2D eigenvalue weighted by Gasteiger charge is 2.17. The largest absolute Gasteiger partial charge is 0.507 e. The van der Waals surface area contributed by atoms with E-state index in [0.29, 0.717) is 39.4 Å². The molecule has 5 rings (SSSR count). The number of nitrogens with one attached hydrogen (secondary N) is 1. The Hall–Kier alpha value is -5.18. The lowest BCUT2D eigenvalue weighted by atomic mass is 10.1. The first-order valence-corrected chi connectivity index (χ1v) is 10.5. The Bertz CT molecular complexity index is 1560. The van der Waals surface area contributed by atoms with Crippen molar-refractivity contribution in [3.05, 3.63) is 101 Å². The van der Waals surface area contributed by atoms with E-state index < -0.39 is 10.8 Å². The molecule has 3 aromatic carbocycles. The Labute approximate surface area is 198 Å². The molecule has 0 atom stereocenters. The van der Waals surface area contributed by atoms with Crippen LogP contribution in [0.5, 0.6) is 5.75 Å². The number of phenols is 1. The molecule has 2 heterocycles. The number of carbonyl (C=O) groups is 1. The zero-order valence-corrected chi connectivity index (χ0v) is 18.0. The van der Waals surface area contributed by atoms with Gasteiger partial charge in [0, 0.05) is 17.8 Å². The number of phenolic OH excluding ortho intramolecular Hbond substituents is 1. The summed E-state index contributed by atoms with van der Waals surface area (Å²) < 4.78 is 11.4. The quantitative estimate of drug-likeness (QED) is 0.135. The Morgan fingerprint density at radius 2 is 1.77 bits per heavy atom. The predicted octanol–water partition coefficient (Wildman–Crippen LogP) is 6.02. The smallest absolute Gasteiger partial charge is 0.280 e. The summed E-state index contributed by atoms with van der Waals surface area (Å²) in [5, 5.41) is 24.2. The van der Waals surface area contributed by atoms with E-state index in [1.807, 2.05) is 12.1 Å². The van der Waals surface area contributed by atoms with Gasteiger partial charge in [0.15, 0.2) is 5.58 Å². The number of oxazole rings is 1. The van der Waals surface area contributed by atoms with Gasteiger partial charge < -0.3 is 19.3 Å². The average molecular weight is 467 g/mol. The standard InChI is InChI=1S/C26H17N3O6/c30-22-12-9-16(15-19(22)26-28-20-6-2-4-8-24(20)35-26)27-25(31)14-11-17-10-13-23(34-17)18-5-1-3-7-21(18)29(32)33/h1-15,30H,(H,27,31). The summed E-state index contributed by atoms with van der Waals surface area (Å²) in [4.78, 5) is 27.6. The molecule has 1 amide bonds. The molecule has 35 heavy (non-hydrogen) atoms.